The molecule has 0 atom stereocenters. The summed E-state index contributed by atoms with van der Waals surface area (Å²) < 4.78 is 0. The number of likely N-dealkylation sites (tertiary alicyclic amines) is 1. The van der Waals surface area contributed by atoms with Gasteiger partial charge in [-0.3, -0.25) is 4.79 Å². The molecule has 1 aliphatic carbocycles. The second-order valence-corrected chi connectivity index (χ2v) is 8.61. The Hall–Kier alpha value is -1.39. The van der Waals surface area contributed by atoms with E-state index in [1.165, 1.54) is 38.0 Å². The summed E-state index contributed by atoms with van der Waals surface area (Å²) in [6.07, 6.45) is 7.10. The van der Waals surface area contributed by atoms with E-state index in [9.17, 15) is 4.79 Å². The van der Waals surface area contributed by atoms with Gasteiger partial charge in [0, 0.05) is 32.1 Å². The Balaban J connectivity index is 1.20. The highest BCUT2D eigenvalue weighted by Gasteiger charge is 2.49. The number of benzene rings is 1. The van der Waals surface area contributed by atoms with Crippen LogP contribution in [0.15, 0.2) is 30.3 Å². The number of hydrogen-bond acceptors (Lipinski definition) is 3. The lowest BCUT2D eigenvalue weighted by Crippen LogP contribution is -2.52. The van der Waals surface area contributed by atoms with Gasteiger partial charge in [0.15, 0.2) is 0 Å². The molecule has 142 valence electrons. The maximum atomic E-state index is 12.8. The fourth-order valence-corrected chi connectivity index (χ4v) is 5.08. The second-order valence-electron chi connectivity index (χ2n) is 8.61. The Morgan fingerprint density at radius 3 is 2.58 bits per heavy atom. The molecule has 1 aromatic carbocycles. The van der Waals surface area contributed by atoms with Crippen molar-refractivity contribution >= 4 is 5.91 Å². The van der Waals surface area contributed by atoms with Crippen molar-refractivity contribution in [2.24, 2.45) is 11.3 Å². The molecule has 0 unspecified atom stereocenters. The average Bonchev–Trinajstić information content (AvgIpc) is 2.95. The number of carbonyl (C=O) groups excluding carboxylic acids is 1. The van der Waals surface area contributed by atoms with Crippen molar-refractivity contribution in [1.82, 2.24) is 15.1 Å². The van der Waals surface area contributed by atoms with E-state index >= 15 is 0 Å². The summed E-state index contributed by atoms with van der Waals surface area (Å²) in [5, 5.41) is 3.39. The Labute approximate surface area is 157 Å². The van der Waals surface area contributed by atoms with Crippen molar-refractivity contribution in [3.05, 3.63) is 35.9 Å². The molecule has 3 aliphatic rings. The molecular weight excluding hydrogens is 322 g/mol. The van der Waals surface area contributed by atoms with Crippen LogP contribution in [-0.4, -0.2) is 61.5 Å². The highest BCUT2D eigenvalue weighted by atomic mass is 16.2. The zero-order chi connectivity index (χ0) is 17.8. The first-order valence-electron chi connectivity index (χ1n) is 10.5. The van der Waals surface area contributed by atoms with E-state index in [1.54, 1.807) is 0 Å². The predicted molar refractivity (Wildman–Crippen MR) is 105 cm³/mol. The molecule has 1 spiro atoms. The predicted octanol–water partition coefficient (Wildman–Crippen LogP) is 2.54. The molecule has 1 amide bonds. The van der Waals surface area contributed by atoms with Crippen LogP contribution in [0.25, 0.3) is 0 Å². The summed E-state index contributed by atoms with van der Waals surface area (Å²) in [5.41, 5.74) is 1.92. The molecule has 2 aliphatic heterocycles. The van der Waals surface area contributed by atoms with Crippen molar-refractivity contribution in [3.8, 4) is 0 Å². The monoisotopic (exact) mass is 355 g/mol. The molecular formula is C22H33N3O. The minimum atomic E-state index is 0.309. The van der Waals surface area contributed by atoms with Gasteiger partial charge in [0.2, 0.25) is 5.91 Å². The Bertz CT molecular complexity index is 579. The smallest absolute Gasteiger partial charge is 0.225 e. The summed E-state index contributed by atoms with van der Waals surface area (Å²) >= 11 is 0. The first-order chi connectivity index (χ1) is 12.7. The van der Waals surface area contributed by atoms with Crippen LogP contribution in [0.5, 0.6) is 0 Å². The van der Waals surface area contributed by atoms with Gasteiger partial charge in [-0.2, -0.15) is 0 Å². The van der Waals surface area contributed by atoms with Crippen LogP contribution >= 0.6 is 0 Å². The van der Waals surface area contributed by atoms with Crippen molar-refractivity contribution in [2.75, 3.05) is 45.8 Å². The zero-order valence-corrected chi connectivity index (χ0v) is 16.0. The Kier molecular flexibility index (Phi) is 5.60. The SMILES string of the molecule is O=C(C1CC2(CCN(CCc3ccccc3)CC2)C1)N1CCCNCC1. The number of nitrogens with zero attached hydrogens (tertiary/aromatic N) is 2. The normalized spacial score (nSPS) is 24.2. The number of nitrogens with one attached hydrogen (secondary N) is 1. The lowest BCUT2D eigenvalue weighted by Gasteiger charge is -2.52. The van der Waals surface area contributed by atoms with Crippen molar-refractivity contribution in [2.45, 2.75) is 38.5 Å². The fraction of sp³-hybridized carbons (Fsp3) is 0.682. The minimum absolute atomic E-state index is 0.309. The minimum Gasteiger partial charge on any atom is -0.341 e. The maximum Gasteiger partial charge on any atom is 0.225 e. The van der Waals surface area contributed by atoms with E-state index in [0.29, 0.717) is 17.2 Å². The van der Waals surface area contributed by atoms with E-state index in [-0.39, 0.29) is 0 Å². The van der Waals surface area contributed by atoms with Crippen LogP contribution in [0.1, 0.15) is 37.7 Å². The topological polar surface area (TPSA) is 35.6 Å². The molecule has 26 heavy (non-hydrogen) atoms. The van der Waals surface area contributed by atoms with E-state index in [2.05, 4.69) is 45.4 Å². The Morgan fingerprint density at radius 2 is 1.81 bits per heavy atom. The summed E-state index contributed by atoms with van der Waals surface area (Å²) in [7, 11) is 0. The van der Waals surface area contributed by atoms with E-state index in [0.717, 1.165) is 51.9 Å². The molecule has 4 nitrogen and oxygen atoms in total. The van der Waals surface area contributed by atoms with Gasteiger partial charge >= 0.3 is 0 Å². The number of amides is 1. The largest absolute Gasteiger partial charge is 0.341 e. The molecule has 4 rings (SSSR count). The van der Waals surface area contributed by atoms with Gasteiger partial charge in [-0.1, -0.05) is 30.3 Å². The third-order valence-corrected chi connectivity index (χ3v) is 6.84. The molecule has 1 saturated carbocycles. The molecule has 0 bridgehead atoms. The molecule has 0 aromatic heterocycles. The van der Waals surface area contributed by atoms with E-state index in [4.69, 9.17) is 0 Å². The van der Waals surface area contributed by atoms with Crippen molar-refractivity contribution in [3.63, 3.8) is 0 Å². The standard InChI is InChI=1S/C22H33N3O/c26-21(25-12-4-10-23-11-16-25)20-17-22(18-20)8-14-24(15-9-22)13-7-19-5-2-1-3-6-19/h1-3,5-6,20,23H,4,7-18H2. The second kappa shape index (κ2) is 8.10. The number of hydrogen-bond donors (Lipinski definition) is 1. The maximum absolute atomic E-state index is 12.8. The first kappa shape index (κ1) is 18.0. The molecule has 1 aromatic rings. The van der Waals surface area contributed by atoms with Crippen LogP contribution in [-0.2, 0) is 11.2 Å². The summed E-state index contributed by atoms with van der Waals surface area (Å²) in [6, 6.07) is 10.8. The number of carbonyl (C=O) groups is 1. The summed E-state index contributed by atoms with van der Waals surface area (Å²) in [4.78, 5) is 17.5. The Morgan fingerprint density at radius 1 is 1.04 bits per heavy atom. The molecule has 3 fully saturated rings. The van der Waals surface area contributed by atoms with Crippen LogP contribution in [0.3, 0.4) is 0 Å². The average molecular weight is 356 g/mol. The number of piperidine rings is 1. The molecule has 1 N–H and O–H groups in total. The van der Waals surface area contributed by atoms with Gasteiger partial charge in [0.25, 0.3) is 0 Å². The summed E-state index contributed by atoms with van der Waals surface area (Å²) in [6.45, 7) is 7.45. The van der Waals surface area contributed by atoms with Gasteiger partial charge in [-0.25, -0.2) is 0 Å². The highest BCUT2D eigenvalue weighted by molar-refractivity contribution is 5.80. The first-order valence-corrected chi connectivity index (χ1v) is 10.5. The van der Waals surface area contributed by atoms with Gasteiger partial charge < -0.3 is 15.1 Å². The van der Waals surface area contributed by atoms with Crippen molar-refractivity contribution in [1.29, 1.82) is 0 Å². The van der Waals surface area contributed by atoms with Crippen LogP contribution < -0.4 is 5.32 Å². The van der Waals surface area contributed by atoms with Gasteiger partial charge in [0.1, 0.15) is 0 Å². The van der Waals surface area contributed by atoms with E-state index in [1.807, 2.05) is 0 Å². The molecule has 2 saturated heterocycles. The highest BCUT2D eigenvalue weighted by Crippen LogP contribution is 2.53. The zero-order valence-electron chi connectivity index (χ0n) is 16.0. The lowest BCUT2D eigenvalue weighted by molar-refractivity contribution is -0.145. The third-order valence-electron chi connectivity index (χ3n) is 6.84. The van der Waals surface area contributed by atoms with Gasteiger partial charge in [-0.15, -0.1) is 0 Å². The fourth-order valence-electron chi connectivity index (χ4n) is 5.08. The third kappa shape index (κ3) is 4.12. The van der Waals surface area contributed by atoms with Gasteiger partial charge in [-0.05, 0) is 69.1 Å². The molecule has 4 heteroatoms. The molecule has 0 radical (unpaired) electrons. The van der Waals surface area contributed by atoms with Crippen LogP contribution in [0, 0.1) is 11.3 Å². The summed E-state index contributed by atoms with van der Waals surface area (Å²) in [5.74, 6) is 0.745. The molecule has 2 heterocycles. The lowest BCUT2D eigenvalue weighted by atomic mass is 9.57. The van der Waals surface area contributed by atoms with Gasteiger partial charge in [0.05, 0.1) is 0 Å². The van der Waals surface area contributed by atoms with Crippen LogP contribution in [0.4, 0.5) is 0 Å². The van der Waals surface area contributed by atoms with E-state index < -0.39 is 0 Å². The van der Waals surface area contributed by atoms with Crippen LogP contribution in [0.2, 0.25) is 0 Å². The number of rotatable bonds is 4. The van der Waals surface area contributed by atoms with Crippen molar-refractivity contribution < 1.29 is 4.79 Å². The quantitative estimate of drug-likeness (QED) is 0.902.